The van der Waals surface area contributed by atoms with Crippen LogP contribution in [-0.4, -0.2) is 59.4 Å². The summed E-state index contributed by atoms with van der Waals surface area (Å²) >= 11 is 0. The van der Waals surface area contributed by atoms with Crippen LogP contribution in [0.2, 0.25) is 0 Å². The van der Waals surface area contributed by atoms with Crippen LogP contribution in [0.15, 0.2) is 30.3 Å². The number of amides is 2. The first kappa shape index (κ1) is 18.9. The van der Waals surface area contributed by atoms with Crippen LogP contribution >= 0.6 is 0 Å². The van der Waals surface area contributed by atoms with E-state index in [0.29, 0.717) is 25.8 Å². The maximum Gasteiger partial charge on any atom is 0.336 e. The minimum atomic E-state index is -1.20. The predicted octanol–water partition coefficient (Wildman–Crippen LogP) is -0.545. The molecule has 1 aliphatic heterocycles. The Bertz CT molecular complexity index is 606. The molecule has 1 fully saturated rings. The number of epoxide rings is 1. The third-order valence-electron chi connectivity index (χ3n) is 3.83. The van der Waals surface area contributed by atoms with E-state index in [1.807, 2.05) is 30.3 Å². The van der Waals surface area contributed by atoms with Crippen LogP contribution in [0, 0.1) is 0 Å². The first-order chi connectivity index (χ1) is 12.0. The minimum absolute atomic E-state index is 0.0441. The quantitative estimate of drug-likeness (QED) is 0.331. The van der Waals surface area contributed by atoms with Gasteiger partial charge in [-0.2, -0.15) is 0 Å². The fraction of sp³-hybridized carbons (Fsp3) is 0.471. The second kappa shape index (κ2) is 9.14. The summed E-state index contributed by atoms with van der Waals surface area (Å²) in [7, 11) is 0. The number of aryl methyl sites for hydroxylation is 1. The van der Waals surface area contributed by atoms with Gasteiger partial charge in [0.2, 0.25) is 5.91 Å². The monoisotopic (exact) mass is 350 g/mol. The van der Waals surface area contributed by atoms with Crippen molar-refractivity contribution in [2.24, 2.45) is 0 Å². The van der Waals surface area contributed by atoms with E-state index in [4.69, 9.17) is 14.9 Å². The number of carbonyl (C=O) groups excluding carboxylic acids is 2. The van der Waals surface area contributed by atoms with Gasteiger partial charge in [0.25, 0.3) is 5.91 Å². The number of hydrogen-bond acceptors (Lipinski definition) is 5. The molecule has 1 aromatic rings. The molecule has 2 rings (SSSR count). The van der Waals surface area contributed by atoms with Gasteiger partial charge < -0.3 is 25.6 Å². The number of aliphatic hydroxyl groups is 1. The highest BCUT2D eigenvalue weighted by atomic mass is 16.6. The van der Waals surface area contributed by atoms with Crippen molar-refractivity contribution in [2.45, 2.75) is 37.5 Å². The number of aliphatic carboxylic acids is 1. The summed E-state index contributed by atoms with van der Waals surface area (Å²) in [5.74, 6) is -2.18. The summed E-state index contributed by atoms with van der Waals surface area (Å²) in [5.41, 5.74) is 1.02. The Morgan fingerprint density at radius 1 is 1.16 bits per heavy atom. The maximum atomic E-state index is 12.3. The van der Waals surface area contributed by atoms with Crippen molar-refractivity contribution < 1.29 is 29.3 Å². The lowest BCUT2D eigenvalue weighted by Crippen LogP contribution is -2.49. The van der Waals surface area contributed by atoms with Crippen molar-refractivity contribution >= 4 is 17.8 Å². The lowest BCUT2D eigenvalue weighted by molar-refractivity contribution is -0.138. The molecule has 0 aliphatic carbocycles. The molecule has 8 heteroatoms. The standard InChI is InChI=1S/C17H22N2O6/c20-10-4-9-18-15(21)12(8-7-11-5-2-1-3-6-11)19-16(22)13-14(25-13)17(23)24/h1-3,5-6,12-14,20H,4,7-10H2,(H,18,21)(H,19,22)(H,23,24)/t12-,13-,14-/m0/s1. The van der Waals surface area contributed by atoms with Crippen LogP contribution in [0.1, 0.15) is 18.4 Å². The van der Waals surface area contributed by atoms with Crippen molar-refractivity contribution in [1.29, 1.82) is 0 Å². The van der Waals surface area contributed by atoms with Crippen molar-refractivity contribution in [2.75, 3.05) is 13.2 Å². The average molecular weight is 350 g/mol. The second-order valence-corrected chi connectivity index (χ2v) is 5.77. The first-order valence-corrected chi connectivity index (χ1v) is 8.14. The molecule has 0 radical (unpaired) electrons. The lowest BCUT2D eigenvalue weighted by Gasteiger charge is -2.18. The molecule has 0 unspecified atom stereocenters. The molecule has 0 spiro atoms. The molecule has 25 heavy (non-hydrogen) atoms. The fourth-order valence-electron chi connectivity index (χ4n) is 2.39. The maximum absolute atomic E-state index is 12.3. The number of aliphatic hydroxyl groups excluding tert-OH is 1. The predicted molar refractivity (Wildman–Crippen MR) is 87.7 cm³/mol. The van der Waals surface area contributed by atoms with Gasteiger partial charge in [-0.05, 0) is 24.8 Å². The van der Waals surface area contributed by atoms with Gasteiger partial charge >= 0.3 is 5.97 Å². The molecular formula is C17H22N2O6. The van der Waals surface area contributed by atoms with Crippen LogP contribution < -0.4 is 10.6 Å². The van der Waals surface area contributed by atoms with Crippen LogP contribution in [-0.2, 0) is 25.5 Å². The Balaban J connectivity index is 1.92. The van der Waals surface area contributed by atoms with Gasteiger partial charge in [0.1, 0.15) is 6.04 Å². The zero-order chi connectivity index (χ0) is 18.2. The Hall–Kier alpha value is -2.45. The normalized spacial score (nSPS) is 19.7. The van der Waals surface area contributed by atoms with E-state index in [9.17, 15) is 14.4 Å². The smallest absolute Gasteiger partial charge is 0.336 e. The molecule has 4 N–H and O–H groups in total. The highest BCUT2D eigenvalue weighted by Gasteiger charge is 2.51. The number of carbonyl (C=O) groups is 3. The van der Waals surface area contributed by atoms with Gasteiger partial charge in [-0.3, -0.25) is 9.59 Å². The van der Waals surface area contributed by atoms with E-state index in [1.165, 1.54) is 0 Å². The lowest BCUT2D eigenvalue weighted by atomic mass is 10.0. The van der Waals surface area contributed by atoms with E-state index in [1.54, 1.807) is 0 Å². The minimum Gasteiger partial charge on any atom is -0.479 e. The molecule has 1 saturated heterocycles. The van der Waals surface area contributed by atoms with Crippen LogP contribution in [0.3, 0.4) is 0 Å². The third-order valence-corrected chi connectivity index (χ3v) is 3.83. The van der Waals surface area contributed by atoms with Crippen molar-refractivity contribution in [3.05, 3.63) is 35.9 Å². The summed E-state index contributed by atoms with van der Waals surface area (Å²) in [6, 6.07) is 8.71. The van der Waals surface area contributed by atoms with Crippen LogP contribution in [0.25, 0.3) is 0 Å². The molecule has 136 valence electrons. The van der Waals surface area contributed by atoms with Crippen LogP contribution in [0.4, 0.5) is 0 Å². The summed E-state index contributed by atoms with van der Waals surface area (Å²) in [6.45, 7) is 0.252. The summed E-state index contributed by atoms with van der Waals surface area (Å²) in [4.78, 5) is 35.1. The van der Waals surface area contributed by atoms with Crippen LogP contribution in [0.5, 0.6) is 0 Å². The topological polar surface area (TPSA) is 128 Å². The van der Waals surface area contributed by atoms with E-state index in [0.717, 1.165) is 5.56 Å². The van der Waals surface area contributed by atoms with Crippen molar-refractivity contribution in [3.8, 4) is 0 Å². The highest BCUT2D eigenvalue weighted by molar-refractivity contribution is 5.95. The number of nitrogens with one attached hydrogen (secondary N) is 2. The van der Waals surface area contributed by atoms with E-state index in [2.05, 4.69) is 10.6 Å². The number of rotatable bonds is 10. The SMILES string of the molecule is O=C(NCCCO)[C@H](CCc1ccccc1)NC(=O)[C@H]1O[C@@H]1C(=O)O. The zero-order valence-electron chi connectivity index (χ0n) is 13.7. The molecule has 1 aromatic carbocycles. The summed E-state index contributed by atoms with van der Waals surface area (Å²) in [5, 5.41) is 22.8. The Labute approximate surface area is 145 Å². The number of carboxylic acid groups (broad SMARTS) is 1. The van der Waals surface area contributed by atoms with Gasteiger partial charge in [-0.1, -0.05) is 30.3 Å². The van der Waals surface area contributed by atoms with E-state index in [-0.39, 0.29) is 12.5 Å². The molecule has 0 aromatic heterocycles. The molecule has 0 bridgehead atoms. The van der Waals surface area contributed by atoms with E-state index >= 15 is 0 Å². The molecule has 8 nitrogen and oxygen atoms in total. The fourth-order valence-corrected chi connectivity index (χ4v) is 2.39. The average Bonchev–Trinajstić information content (AvgIpc) is 3.40. The third kappa shape index (κ3) is 5.84. The molecule has 0 saturated carbocycles. The number of benzene rings is 1. The van der Waals surface area contributed by atoms with Crippen molar-refractivity contribution in [3.63, 3.8) is 0 Å². The Morgan fingerprint density at radius 3 is 2.48 bits per heavy atom. The number of carboxylic acids is 1. The number of ether oxygens (including phenoxy) is 1. The van der Waals surface area contributed by atoms with Gasteiger partial charge in [0, 0.05) is 13.2 Å². The van der Waals surface area contributed by atoms with Crippen molar-refractivity contribution in [1.82, 2.24) is 10.6 Å². The van der Waals surface area contributed by atoms with Gasteiger partial charge in [0.15, 0.2) is 12.2 Å². The summed E-state index contributed by atoms with van der Waals surface area (Å²) < 4.78 is 4.81. The van der Waals surface area contributed by atoms with E-state index < -0.39 is 30.1 Å². The summed E-state index contributed by atoms with van der Waals surface area (Å²) in [6.07, 6.45) is -0.843. The molecule has 1 heterocycles. The molecular weight excluding hydrogens is 328 g/mol. The molecule has 2 amide bonds. The van der Waals surface area contributed by atoms with Gasteiger partial charge in [-0.15, -0.1) is 0 Å². The second-order valence-electron chi connectivity index (χ2n) is 5.77. The molecule has 1 aliphatic rings. The Kier molecular flexibility index (Phi) is 6.91. The molecule has 3 atom stereocenters. The largest absolute Gasteiger partial charge is 0.479 e. The Morgan fingerprint density at radius 2 is 1.88 bits per heavy atom. The zero-order valence-corrected chi connectivity index (χ0v) is 13.7. The first-order valence-electron chi connectivity index (χ1n) is 8.14. The van der Waals surface area contributed by atoms with Gasteiger partial charge in [-0.25, -0.2) is 4.79 Å². The number of hydrogen-bond donors (Lipinski definition) is 4. The van der Waals surface area contributed by atoms with Gasteiger partial charge in [0.05, 0.1) is 0 Å². The highest BCUT2D eigenvalue weighted by Crippen LogP contribution is 2.22.